The summed E-state index contributed by atoms with van der Waals surface area (Å²) in [6, 6.07) is 11.0. The highest BCUT2D eigenvalue weighted by Crippen LogP contribution is 2.32. The standard InChI is InChI=1S/C19H22N2O2S/c22-19(20-23)8-5-15-3-6-17(7-4-15)18-2-1-11-21(18)12-9-16-10-13-24-14-16/h3-8,10,13-14,18,23H,1-2,9,11-12H2,(H,20,22)/t18-/m0/s1. The Kier molecular flexibility index (Phi) is 5.80. The Morgan fingerprint density at radius 2 is 2.17 bits per heavy atom. The number of hydroxylamine groups is 1. The molecular weight excluding hydrogens is 320 g/mol. The summed E-state index contributed by atoms with van der Waals surface area (Å²) < 4.78 is 0. The second-order valence-electron chi connectivity index (χ2n) is 6.05. The van der Waals surface area contributed by atoms with Crippen LogP contribution in [0, 0.1) is 0 Å². The van der Waals surface area contributed by atoms with E-state index < -0.39 is 5.91 Å². The lowest BCUT2D eigenvalue weighted by Gasteiger charge is -2.24. The molecule has 1 aliphatic heterocycles. The molecule has 0 saturated carbocycles. The van der Waals surface area contributed by atoms with E-state index in [0.717, 1.165) is 25.1 Å². The van der Waals surface area contributed by atoms with E-state index in [9.17, 15) is 4.79 Å². The van der Waals surface area contributed by atoms with Gasteiger partial charge in [0.25, 0.3) is 5.91 Å². The van der Waals surface area contributed by atoms with E-state index in [1.54, 1.807) is 22.9 Å². The Morgan fingerprint density at radius 3 is 2.88 bits per heavy atom. The number of nitrogens with zero attached hydrogens (tertiary/aromatic N) is 1. The highest BCUT2D eigenvalue weighted by molar-refractivity contribution is 7.07. The summed E-state index contributed by atoms with van der Waals surface area (Å²) in [6.45, 7) is 2.26. The average molecular weight is 342 g/mol. The fourth-order valence-electron chi connectivity index (χ4n) is 3.22. The van der Waals surface area contributed by atoms with Gasteiger partial charge in [-0.15, -0.1) is 0 Å². The summed E-state index contributed by atoms with van der Waals surface area (Å²) >= 11 is 1.76. The van der Waals surface area contributed by atoms with Crippen molar-refractivity contribution in [2.75, 3.05) is 13.1 Å². The largest absolute Gasteiger partial charge is 0.296 e. The maximum atomic E-state index is 11.0. The maximum Gasteiger partial charge on any atom is 0.267 e. The molecular formula is C19H22N2O2S. The van der Waals surface area contributed by atoms with Gasteiger partial charge >= 0.3 is 0 Å². The molecule has 0 bridgehead atoms. The van der Waals surface area contributed by atoms with Crippen molar-refractivity contribution in [2.24, 2.45) is 0 Å². The van der Waals surface area contributed by atoms with E-state index in [1.807, 2.05) is 12.1 Å². The van der Waals surface area contributed by atoms with Crippen LogP contribution in [0.3, 0.4) is 0 Å². The Labute approximate surface area is 146 Å². The van der Waals surface area contributed by atoms with Crippen LogP contribution in [0.1, 0.15) is 35.6 Å². The highest BCUT2D eigenvalue weighted by atomic mass is 32.1. The molecule has 1 amide bonds. The molecule has 1 atom stereocenters. The smallest absolute Gasteiger partial charge is 0.267 e. The van der Waals surface area contributed by atoms with Crippen molar-refractivity contribution < 1.29 is 10.0 Å². The van der Waals surface area contributed by atoms with E-state index in [0.29, 0.717) is 6.04 Å². The van der Waals surface area contributed by atoms with Gasteiger partial charge in [-0.2, -0.15) is 11.3 Å². The van der Waals surface area contributed by atoms with Crippen molar-refractivity contribution in [3.63, 3.8) is 0 Å². The van der Waals surface area contributed by atoms with E-state index in [-0.39, 0.29) is 0 Å². The molecule has 5 heteroatoms. The van der Waals surface area contributed by atoms with E-state index in [2.05, 4.69) is 33.9 Å². The minimum atomic E-state index is -0.519. The molecule has 1 aromatic heterocycles. The maximum absolute atomic E-state index is 11.0. The van der Waals surface area contributed by atoms with E-state index >= 15 is 0 Å². The lowest BCUT2D eigenvalue weighted by molar-refractivity contribution is -0.124. The summed E-state index contributed by atoms with van der Waals surface area (Å²) in [5.74, 6) is -0.519. The van der Waals surface area contributed by atoms with Crippen molar-refractivity contribution in [1.29, 1.82) is 0 Å². The molecule has 0 radical (unpaired) electrons. The van der Waals surface area contributed by atoms with Gasteiger partial charge in [0.2, 0.25) is 0 Å². The number of hydrogen-bond donors (Lipinski definition) is 2. The van der Waals surface area contributed by atoms with Gasteiger partial charge < -0.3 is 0 Å². The monoisotopic (exact) mass is 342 g/mol. The predicted octanol–water partition coefficient (Wildman–Crippen LogP) is 3.65. The van der Waals surface area contributed by atoms with Crippen LogP contribution in [-0.4, -0.2) is 29.1 Å². The molecule has 24 heavy (non-hydrogen) atoms. The van der Waals surface area contributed by atoms with Crippen LogP contribution in [0.2, 0.25) is 0 Å². The van der Waals surface area contributed by atoms with Crippen LogP contribution in [0.15, 0.2) is 47.2 Å². The molecule has 0 spiro atoms. The molecule has 1 saturated heterocycles. The Morgan fingerprint density at radius 1 is 1.33 bits per heavy atom. The molecule has 4 nitrogen and oxygen atoms in total. The first-order valence-electron chi connectivity index (χ1n) is 8.23. The molecule has 1 aromatic carbocycles. The second-order valence-corrected chi connectivity index (χ2v) is 6.83. The third kappa shape index (κ3) is 4.32. The number of amides is 1. The lowest BCUT2D eigenvalue weighted by Crippen LogP contribution is -2.25. The molecule has 1 fully saturated rings. The Hall–Kier alpha value is -1.95. The summed E-state index contributed by atoms with van der Waals surface area (Å²) in [4.78, 5) is 13.6. The van der Waals surface area contributed by atoms with Gasteiger partial charge in [-0.05, 0) is 65.4 Å². The van der Waals surface area contributed by atoms with Gasteiger partial charge in [0.1, 0.15) is 0 Å². The molecule has 2 aromatic rings. The number of carbonyl (C=O) groups is 1. The number of likely N-dealkylation sites (tertiary alicyclic amines) is 1. The number of carbonyl (C=O) groups excluding carboxylic acids is 1. The van der Waals surface area contributed by atoms with Gasteiger partial charge in [0.05, 0.1) is 0 Å². The first-order valence-corrected chi connectivity index (χ1v) is 9.18. The molecule has 2 N–H and O–H groups in total. The summed E-state index contributed by atoms with van der Waals surface area (Å²) in [6.07, 6.45) is 6.56. The molecule has 0 unspecified atom stereocenters. The van der Waals surface area contributed by atoms with Crippen LogP contribution in [0.25, 0.3) is 6.08 Å². The van der Waals surface area contributed by atoms with Gasteiger partial charge in [-0.25, -0.2) is 5.48 Å². The second kappa shape index (κ2) is 8.24. The zero-order valence-electron chi connectivity index (χ0n) is 13.5. The number of rotatable bonds is 6. The molecule has 2 heterocycles. The van der Waals surface area contributed by atoms with Gasteiger partial charge in [0.15, 0.2) is 0 Å². The summed E-state index contributed by atoms with van der Waals surface area (Å²) in [7, 11) is 0. The third-order valence-corrected chi connectivity index (χ3v) is 5.22. The lowest BCUT2D eigenvalue weighted by atomic mass is 10.0. The van der Waals surface area contributed by atoms with Crippen molar-refractivity contribution >= 4 is 23.3 Å². The van der Waals surface area contributed by atoms with Crippen LogP contribution >= 0.6 is 11.3 Å². The van der Waals surface area contributed by atoms with E-state index in [4.69, 9.17) is 5.21 Å². The fraction of sp³-hybridized carbons (Fsp3) is 0.316. The van der Waals surface area contributed by atoms with Crippen LogP contribution < -0.4 is 5.48 Å². The normalized spacial score (nSPS) is 18.3. The topological polar surface area (TPSA) is 52.6 Å². The number of hydrogen-bond acceptors (Lipinski definition) is 4. The Bertz CT molecular complexity index is 680. The highest BCUT2D eigenvalue weighted by Gasteiger charge is 2.25. The Balaban J connectivity index is 1.62. The van der Waals surface area contributed by atoms with E-state index in [1.165, 1.54) is 30.0 Å². The number of nitrogens with one attached hydrogen (secondary N) is 1. The zero-order valence-corrected chi connectivity index (χ0v) is 14.3. The quantitative estimate of drug-likeness (QED) is 0.479. The molecule has 126 valence electrons. The first-order chi connectivity index (χ1) is 11.8. The predicted molar refractivity (Wildman–Crippen MR) is 97.0 cm³/mol. The average Bonchev–Trinajstić information content (AvgIpc) is 3.29. The zero-order chi connectivity index (χ0) is 16.8. The summed E-state index contributed by atoms with van der Waals surface area (Å²) in [5.41, 5.74) is 5.30. The van der Waals surface area contributed by atoms with Gasteiger partial charge in [0, 0.05) is 18.7 Å². The summed E-state index contributed by atoms with van der Waals surface area (Å²) in [5, 5.41) is 12.9. The van der Waals surface area contributed by atoms with Crippen LogP contribution in [0.5, 0.6) is 0 Å². The van der Waals surface area contributed by atoms with Crippen molar-refractivity contribution in [3.8, 4) is 0 Å². The SMILES string of the molecule is O=C(C=Cc1ccc([C@@H]2CCCN2CCc2ccsc2)cc1)NO. The van der Waals surface area contributed by atoms with Crippen LogP contribution in [-0.2, 0) is 11.2 Å². The molecule has 3 rings (SSSR count). The molecule has 0 aliphatic carbocycles. The number of benzene rings is 1. The van der Waals surface area contributed by atoms with Crippen molar-refractivity contribution in [1.82, 2.24) is 10.4 Å². The van der Waals surface area contributed by atoms with Crippen molar-refractivity contribution in [3.05, 3.63) is 63.9 Å². The minimum absolute atomic E-state index is 0.488. The first kappa shape index (κ1) is 16.9. The van der Waals surface area contributed by atoms with Gasteiger partial charge in [-0.1, -0.05) is 24.3 Å². The van der Waals surface area contributed by atoms with Crippen molar-refractivity contribution in [2.45, 2.75) is 25.3 Å². The van der Waals surface area contributed by atoms with Gasteiger partial charge in [-0.3, -0.25) is 14.9 Å². The van der Waals surface area contributed by atoms with Crippen LogP contribution in [0.4, 0.5) is 0 Å². The third-order valence-electron chi connectivity index (χ3n) is 4.49. The minimum Gasteiger partial charge on any atom is -0.296 e. The fourth-order valence-corrected chi connectivity index (χ4v) is 3.92. The number of thiophene rings is 1. The molecule has 1 aliphatic rings.